The molecule has 0 saturated carbocycles. The quantitative estimate of drug-likeness (QED) is 0.0212. The number of nitrogens with zero attached hydrogens (tertiary/aromatic N) is 1. The molecule has 0 aromatic heterocycles. The predicted molar refractivity (Wildman–Crippen MR) is 325 cm³/mol. The summed E-state index contributed by atoms with van der Waals surface area (Å²) >= 11 is 0. The summed E-state index contributed by atoms with van der Waals surface area (Å²) in [6.45, 7) is 6.80. The van der Waals surface area contributed by atoms with Crippen molar-refractivity contribution in [3.05, 3.63) is 60.8 Å². The number of allylic oxidation sites excluding steroid dienone is 9. The number of phosphoric acid groups is 1. The van der Waals surface area contributed by atoms with E-state index in [2.05, 4.69) is 74.7 Å². The Labute approximate surface area is 471 Å². The van der Waals surface area contributed by atoms with Crippen LogP contribution in [0.3, 0.4) is 0 Å². The highest BCUT2D eigenvalue weighted by atomic mass is 31.2. The van der Waals surface area contributed by atoms with Gasteiger partial charge in [-0.1, -0.05) is 275 Å². The molecule has 0 radical (unpaired) electrons. The number of unbranched alkanes of at least 4 members (excludes halogenated alkanes) is 34. The third-order valence-electron chi connectivity index (χ3n) is 14.2. The van der Waals surface area contributed by atoms with Crippen LogP contribution in [0.4, 0.5) is 0 Å². The predicted octanol–water partition coefficient (Wildman–Crippen LogP) is 19.2. The first-order chi connectivity index (χ1) is 36.9. The number of likely N-dealkylation sites (N-methyl/N-ethyl adjacent to an activating group) is 1. The first-order valence-corrected chi connectivity index (χ1v) is 33.6. The highest BCUT2D eigenvalue weighted by Gasteiger charge is 2.27. The van der Waals surface area contributed by atoms with Gasteiger partial charge in [-0.15, -0.1) is 0 Å². The van der Waals surface area contributed by atoms with Crippen LogP contribution < -0.4 is 10.2 Å². The van der Waals surface area contributed by atoms with Crippen LogP contribution in [0.1, 0.15) is 297 Å². The summed E-state index contributed by atoms with van der Waals surface area (Å²) in [5.41, 5.74) is 0. The second-order valence-electron chi connectivity index (χ2n) is 22.9. The van der Waals surface area contributed by atoms with Gasteiger partial charge in [0.15, 0.2) is 0 Å². The van der Waals surface area contributed by atoms with Crippen molar-refractivity contribution < 1.29 is 37.3 Å². The van der Waals surface area contributed by atoms with Gasteiger partial charge in [0.05, 0.1) is 33.8 Å². The second-order valence-corrected chi connectivity index (χ2v) is 24.3. The van der Waals surface area contributed by atoms with E-state index in [-0.39, 0.29) is 31.3 Å². The monoisotopic (exact) mass is 1090 g/mol. The van der Waals surface area contributed by atoms with Gasteiger partial charge in [0.1, 0.15) is 19.3 Å². The number of quaternary nitrogens is 1. The zero-order valence-electron chi connectivity index (χ0n) is 50.7. The molecule has 0 fully saturated rings. The first-order valence-electron chi connectivity index (χ1n) is 32.1. The SMILES string of the molecule is CCCCC/C=C\C/C=C\C/C=C\C/C=C\CCCC(=O)NC(COP(=O)([O-])OCC[N+](C)(C)C)C(/C=C/CCCCCCCCCCCC)OC(=O)CCCCCCCCCCCCCCCCCCCCCCC. The molecule has 0 aliphatic carbocycles. The lowest BCUT2D eigenvalue weighted by Crippen LogP contribution is -2.47. The van der Waals surface area contributed by atoms with Crippen molar-refractivity contribution in [3.63, 3.8) is 0 Å². The number of esters is 1. The zero-order chi connectivity index (χ0) is 55.7. The minimum atomic E-state index is -4.71. The van der Waals surface area contributed by atoms with E-state index < -0.39 is 26.6 Å². The van der Waals surface area contributed by atoms with Crippen molar-refractivity contribution in [2.24, 2.45) is 0 Å². The fourth-order valence-electron chi connectivity index (χ4n) is 9.22. The molecular weight excluding hydrogens is 964 g/mol. The summed E-state index contributed by atoms with van der Waals surface area (Å²) < 4.78 is 30.3. The molecule has 1 amide bonds. The van der Waals surface area contributed by atoms with Gasteiger partial charge in [-0.3, -0.25) is 14.2 Å². The molecule has 1 N–H and O–H groups in total. The van der Waals surface area contributed by atoms with Gasteiger partial charge >= 0.3 is 5.97 Å². The maximum absolute atomic E-state index is 13.5. The Bertz CT molecular complexity index is 1490. The second kappa shape index (κ2) is 56.0. The minimum Gasteiger partial charge on any atom is -0.756 e. The van der Waals surface area contributed by atoms with E-state index in [1.165, 1.54) is 193 Å². The summed E-state index contributed by atoms with van der Waals surface area (Å²) in [6, 6.07) is -0.916. The Balaban J connectivity index is 5.26. The molecule has 0 bridgehead atoms. The maximum Gasteiger partial charge on any atom is 0.306 e. The van der Waals surface area contributed by atoms with Gasteiger partial charge in [0.2, 0.25) is 5.91 Å². The van der Waals surface area contributed by atoms with Crippen molar-refractivity contribution in [2.45, 2.75) is 309 Å². The molecule has 0 aromatic rings. The molecule has 3 unspecified atom stereocenters. The number of nitrogens with one attached hydrogen (secondary N) is 1. The average Bonchev–Trinajstić information content (AvgIpc) is 3.38. The molecule has 0 saturated heterocycles. The number of carbonyl (C=O) groups is 2. The molecule has 444 valence electrons. The largest absolute Gasteiger partial charge is 0.756 e. The van der Waals surface area contributed by atoms with Gasteiger partial charge in [-0.2, -0.15) is 0 Å². The number of rotatable bonds is 58. The highest BCUT2D eigenvalue weighted by molar-refractivity contribution is 7.45. The molecule has 76 heavy (non-hydrogen) atoms. The summed E-state index contributed by atoms with van der Waals surface area (Å²) in [5, 5.41) is 3.00. The van der Waals surface area contributed by atoms with Crippen LogP contribution in [-0.2, 0) is 27.9 Å². The van der Waals surface area contributed by atoms with E-state index in [0.717, 1.165) is 64.2 Å². The number of hydrogen-bond donors (Lipinski definition) is 1. The molecule has 3 atom stereocenters. The lowest BCUT2D eigenvalue weighted by atomic mass is 10.0. The molecule has 0 aliphatic rings. The van der Waals surface area contributed by atoms with E-state index in [1.54, 1.807) is 0 Å². The molecule has 0 spiro atoms. The van der Waals surface area contributed by atoms with E-state index >= 15 is 0 Å². The van der Waals surface area contributed by atoms with Crippen LogP contribution in [0.15, 0.2) is 60.8 Å². The van der Waals surface area contributed by atoms with Gasteiger partial charge in [0.25, 0.3) is 7.82 Å². The molecule has 0 rings (SSSR count). The molecule has 0 heterocycles. The van der Waals surface area contributed by atoms with Crippen LogP contribution in [-0.4, -0.2) is 69.4 Å². The molecule has 10 heteroatoms. The third kappa shape index (κ3) is 56.4. The Morgan fingerprint density at radius 1 is 0.461 bits per heavy atom. The maximum atomic E-state index is 13.5. The van der Waals surface area contributed by atoms with Crippen molar-refractivity contribution in [1.29, 1.82) is 0 Å². The van der Waals surface area contributed by atoms with Crippen LogP contribution >= 0.6 is 7.82 Å². The van der Waals surface area contributed by atoms with Gasteiger partial charge in [0, 0.05) is 12.8 Å². The summed E-state index contributed by atoms with van der Waals surface area (Å²) in [7, 11) is 1.16. The summed E-state index contributed by atoms with van der Waals surface area (Å²) in [5.74, 6) is -0.597. The Morgan fingerprint density at radius 2 is 0.816 bits per heavy atom. The number of hydrogen-bond acceptors (Lipinski definition) is 7. The van der Waals surface area contributed by atoms with Gasteiger partial charge < -0.3 is 28.5 Å². The molecular formula is C66H123N2O7P. The average molecular weight is 1090 g/mol. The highest BCUT2D eigenvalue weighted by Crippen LogP contribution is 2.38. The standard InChI is InChI=1S/C66H123N2O7P/c1-7-10-13-16-19-22-25-28-30-32-33-34-35-37-39-41-44-47-50-53-56-59-66(70)75-64(57-54-51-48-45-42-27-24-21-18-15-12-9-3)63(62-74-76(71,72)73-61-60-68(4,5)6)67-65(69)58-55-52-49-46-43-40-38-36-31-29-26-23-20-17-14-11-8-2/h20,23,29,31,38,40,46,49,54,57,63-64H,7-19,21-22,24-28,30,32-37,39,41-45,47-48,50-53,55-56,58-62H2,1-6H3,(H-,67,69,71,72)/b23-20-,31-29-,40-38-,49-46-,57-54+. The Morgan fingerprint density at radius 3 is 1.25 bits per heavy atom. The lowest BCUT2D eigenvalue weighted by molar-refractivity contribution is -0.870. The first kappa shape index (κ1) is 73.7. The third-order valence-corrected chi connectivity index (χ3v) is 15.2. The van der Waals surface area contributed by atoms with Gasteiger partial charge in [-0.05, 0) is 70.3 Å². The van der Waals surface area contributed by atoms with E-state index in [1.807, 2.05) is 33.3 Å². The number of amides is 1. The zero-order valence-corrected chi connectivity index (χ0v) is 51.6. The molecule has 9 nitrogen and oxygen atoms in total. The molecule has 0 aliphatic heterocycles. The summed E-state index contributed by atoms with van der Waals surface area (Å²) in [6.07, 6.45) is 70.6. The van der Waals surface area contributed by atoms with E-state index in [4.69, 9.17) is 13.8 Å². The lowest BCUT2D eigenvalue weighted by Gasteiger charge is -2.30. The van der Waals surface area contributed by atoms with Crippen LogP contribution in [0.2, 0.25) is 0 Å². The van der Waals surface area contributed by atoms with Gasteiger partial charge in [-0.25, -0.2) is 0 Å². The minimum absolute atomic E-state index is 0.0323. The Kier molecular flexibility index (Phi) is 54.3. The van der Waals surface area contributed by atoms with Crippen molar-refractivity contribution in [3.8, 4) is 0 Å². The van der Waals surface area contributed by atoms with Crippen LogP contribution in [0.25, 0.3) is 0 Å². The summed E-state index contributed by atoms with van der Waals surface area (Å²) in [4.78, 5) is 40.0. The van der Waals surface area contributed by atoms with E-state index in [9.17, 15) is 19.0 Å². The van der Waals surface area contributed by atoms with E-state index in [0.29, 0.717) is 17.4 Å². The fourth-order valence-corrected chi connectivity index (χ4v) is 9.94. The van der Waals surface area contributed by atoms with Crippen molar-refractivity contribution in [1.82, 2.24) is 5.32 Å². The normalized spacial score (nSPS) is 14.0. The topological polar surface area (TPSA) is 114 Å². The molecule has 0 aromatic carbocycles. The Hall–Kier alpha value is -2.29. The number of carbonyl (C=O) groups excluding carboxylic acids is 2. The number of ether oxygens (including phenoxy) is 1. The van der Waals surface area contributed by atoms with Crippen molar-refractivity contribution >= 4 is 19.7 Å². The van der Waals surface area contributed by atoms with Crippen LogP contribution in [0.5, 0.6) is 0 Å². The smallest absolute Gasteiger partial charge is 0.306 e. The van der Waals surface area contributed by atoms with Crippen LogP contribution in [0, 0.1) is 0 Å². The van der Waals surface area contributed by atoms with Crippen molar-refractivity contribution in [2.75, 3.05) is 40.9 Å². The fraction of sp³-hybridized carbons (Fsp3) is 0.818. The number of phosphoric ester groups is 1.